The Balaban J connectivity index is 3.49. The number of nitrogens with zero attached hydrogens (tertiary/aromatic N) is 1. The maximum Gasteiger partial charge on any atom is 0.423 e. The molecule has 0 aliphatic carbocycles. The third kappa shape index (κ3) is 2.17. The molecule has 0 unspecified atom stereocenters. The second-order valence-electron chi connectivity index (χ2n) is 2.98. The molecule has 0 aromatic heterocycles. The molecule has 0 spiro atoms. The van der Waals surface area contributed by atoms with Crippen molar-refractivity contribution in [1.29, 1.82) is 0 Å². The van der Waals surface area contributed by atoms with Crippen molar-refractivity contribution in [1.82, 2.24) is 0 Å². The van der Waals surface area contributed by atoms with E-state index in [1.54, 1.807) is 0 Å². The van der Waals surface area contributed by atoms with E-state index in [1.165, 1.54) is 6.92 Å². The number of nitro benzene ring substituents is 1. The first-order chi connectivity index (χ1) is 6.73. The Morgan fingerprint density at radius 1 is 1.40 bits per heavy atom. The van der Waals surface area contributed by atoms with Gasteiger partial charge in [-0.2, -0.15) is 13.2 Å². The molecule has 7 heteroatoms. The van der Waals surface area contributed by atoms with Crippen molar-refractivity contribution in [2.45, 2.75) is 13.1 Å². The number of nitrogen functional groups attached to an aromatic ring is 1. The van der Waals surface area contributed by atoms with Gasteiger partial charge in [-0.25, -0.2) is 0 Å². The summed E-state index contributed by atoms with van der Waals surface area (Å²) < 4.78 is 37.1. The highest BCUT2D eigenvalue weighted by molar-refractivity contribution is 5.58. The van der Waals surface area contributed by atoms with Crippen LogP contribution in [0.5, 0.6) is 0 Å². The summed E-state index contributed by atoms with van der Waals surface area (Å²) in [6.07, 6.45) is -4.75. The maximum absolute atomic E-state index is 12.4. The van der Waals surface area contributed by atoms with E-state index in [1.807, 2.05) is 0 Å². The first-order valence-electron chi connectivity index (χ1n) is 3.85. The van der Waals surface area contributed by atoms with Gasteiger partial charge in [0.2, 0.25) is 0 Å². The van der Waals surface area contributed by atoms with Gasteiger partial charge >= 0.3 is 6.18 Å². The summed E-state index contributed by atoms with van der Waals surface area (Å²) in [5, 5.41) is 10.4. The highest BCUT2D eigenvalue weighted by Crippen LogP contribution is 2.38. The molecular weight excluding hydrogens is 213 g/mol. The molecule has 0 amide bonds. The molecule has 0 heterocycles. The standard InChI is InChI=1S/C8H7F3N2O2/c1-4-2-5(8(9,10)11)7(13(14)15)3-6(4)12/h2-3H,12H2,1H3. The monoisotopic (exact) mass is 220 g/mol. The fourth-order valence-electron chi connectivity index (χ4n) is 1.09. The van der Waals surface area contributed by atoms with Gasteiger partial charge < -0.3 is 5.73 Å². The van der Waals surface area contributed by atoms with E-state index in [9.17, 15) is 23.3 Å². The van der Waals surface area contributed by atoms with Crippen molar-refractivity contribution in [3.05, 3.63) is 33.4 Å². The molecule has 2 N–H and O–H groups in total. The van der Waals surface area contributed by atoms with Gasteiger partial charge in [-0.1, -0.05) is 0 Å². The summed E-state index contributed by atoms with van der Waals surface area (Å²) in [5.41, 5.74) is 3.13. The van der Waals surface area contributed by atoms with Crippen LogP contribution in [0, 0.1) is 17.0 Å². The number of benzene rings is 1. The van der Waals surface area contributed by atoms with Crippen LogP contribution in [-0.4, -0.2) is 4.92 Å². The highest BCUT2D eigenvalue weighted by atomic mass is 19.4. The van der Waals surface area contributed by atoms with Crippen LogP contribution in [0.4, 0.5) is 24.5 Å². The van der Waals surface area contributed by atoms with Crippen LogP contribution >= 0.6 is 0 Å². The molecule has 0 fully saturated rings. The van der Waals surface area contributed by atoms with E-state index in [0.29, 0.717) is 6.07 Å². The predicted molar refractivity (Wildman–Crippen MR) is 47.2 cm³/mol. The van der Waals surface area contributed by atoms with E-state index >= 15 is 0 Å². The average molecular weight is 220 g/mol. The number of hydrogen-bond donors (Lipinski definition) is 1. The summed E-state index contributed by atoms with van der Waals surface area (Å²) in [7, 11) is 0. The molecule has 1 aromatic rings. The van der Waals surface area contributed by atoms with Crippen LogP contribution in [0.2, 0.25) is 0 Å². The molecular formula is C8H7F3N2O2. The molecule has 0 aliphatic rings. The smallest absolute Gasteiger partial charge is 0.398 e. The van der Waals surface area contributed by atoms with E-state index in [-0.39, 0.29) is 11.3 Å². The van der Waals surface area contributed by atoms with E-state index in [0.717, 1.165) is 6.07 Å². The Labute approximate surface area is 82.7 Å². The molecule has 0 radical (unpaired) electrons. The first kappa shape index (κ1) is 11.3. The van der Waals surface area contributed by atoms with E-state index in [2.05, 4.69) is 0 Å². The van der Waals surface area contributed by atoms with E-state index < -0.39 is 22.4 Å². The molecule has 0 saturated carbocycles. The van der Waals surface area contributed by atoms with Gasteiger partial charge in [0.25, 0.3) is 5.69 Å². The third-order valence-corrected chi connectivity index (χ3v) is 1.89. The number of anilines is 1. The second kappa shape index (κ2) is 3.41. The summed E-state index contributed by atoms with van der Waals surface area (Å²) in [5.74, 6) is 0. The van der Waals surface area contributed by atoms with Crippen molar-refractivity contribution in [3.63, 3.8) is 0 Å². The number of hydrogen-bond acceptors (Lipinski definition) is 3. The minimum Gasteiger partial charge on any atom is -0.398 e. The predicted octanol–water partition coefficient (Wildman–Crippen LogP) is 2.50. The minimum atomic E-state index is -4.75. The second-order valence-corrected chi connectivity index (χ2v) is 2.98. The largest absolute Gasteiger partial charge is 0.423 e. The van der Waals surface area contributed by atoms with Gasteiger partial charge in [-0.3, -0.25) is 10.1 Å². The number of rotatable bonds is 1. The number of halogens is 3. The Morgan fingerprint density at radius 2 is 1.93 bits per heavy atom. The fourth-order valence-corrected chi connectivity index (χ4v) is 1.09. The zero-order valence-corrected chi connectivity index (χ0v) is 7.63. The lowest BCUT2D eigenvalue weighted by atomic mass is 10.1. The van der Waals surface area contributed by atoms with Crippen LogP contribution in [0.1, 0.15) is 11.1 Å². The van der Waals surface area contributed by atoms with Crippen LogP contribution in [-0.2, 0) is 6.18 Å². The van der Waals surface area contributed by atoms with Gasteiger partial charge in [0.15, 0.2) is 0 Å². The lowest BCUT2D eigenvalue weighted by molar-refractivity contribution is -0.388. The van der Waals surface area contributed by atoms with Crippen molar-refractivity contribution in [3.8, 4) is 0 Å². The molecule has 15 heavy (non-hydrogen) atoms. The normalized spacial score (nSPS) is 11.5. The lowest BCUT2D eigenvalue weighted by Gasteiger charge is -2.09. The van der Waals surface area contributed by atoms with Gasteiger partial charge in [0.1, 0.15) is 5.56 Å². The molecule has 0 atom stereocenters. The summed E-state index contributed by atoms with van der Waals surface area (Å²) in [4.78, 5) is 9.28. The number of nitro groups is 1. The van der Waals surface area contributed by atoms with Crippen LogP contribution in [0.15, 0.2) is 12.1 Å². The van der Waals surface area contributed by atoms with E-state index in [4.69, 9.17) is 5.73 Å². The number of alkyl halides is 3. The van der Waals surface area contributed by atoms with Crippen LogP contribution in [0.25, 0.3) is 0 Å². The van der Waals surface area contributed by atoms with Gasteiger partial charge in [0, 0.05) is 11.8 Å². The topological polar surface area (TPSA) is 69.2 Å². The van der Waals surface area contributed by atoms with Crippen LogP contribution < -0.4 is 5.73 Å². The zero-order chi connectivity index (χ0) is 11.8. The molecule has 82 valence electrons. The van der Waals surface area contributed by atoms with Crippen LogP contribution in [0.3, 0.4) is 0 Å². The average Bonchev–Trinajstić information content (AvgIpc) is 2.06. The minimum absolute atomic E-state index is 0.0327. The van der Waals surface area contributed by atoms with Crippen molar-refractivity contribution >= 4 is 11.4 Å². The highest BCUT2D eigenvalue weighted by Gasteiger charge is 2.38. The molecule has 0 aliphatic heterocycles. The molecule has 1 rings (SSSR count). The first-order valence-corrected chi connectivity index (χ1v) is 3.85. The lowest BCUT2D eigenvalue weighted by Crippen LogP contribution is -2.10. The Kier molecular flexibility index (Phi) is 2.57. The zero-order valence-electron chi connectivity index (χ0n) is 7.63. The number of aryl methyl sites for hydroxylation is 1. The Bertz CT molecular complexity index is 415. The maximum atomic E-state index is 12.4. The molecule has 4 nitrogen and oxygen atoms in total. The molecule has 1 aromatic carbocycles. The summed E-state index contributed by atoms with van der Waals surface area (Å²) in [6, 6.07) is 1.39. The van der Waals surface area contributed by atoms with Gasteiger partial charge in [-0.05, 0) is 18.6 Å². The summed E-state index contributed by atoms with van der Waals surface area (Å²) >= 11 is 0. The Hall–Kier alpha value is -1.79. The van der Waals surface area contributed by atoms with Crippen molar-refractivity contribution < 1.29 is 18.1 Å². The van der Waals surface area contributed by atoms with Crippen molar-refractivity contribution in [2.24, 2.45) is 0 Å². The SMILES string of the molecule is Cc1cc(C(F)(F)F)c([N+](=O)[O-])cc1N. The number of nitrogens with two attached hydrogens (primary N) is 1. The van der Waals surface area contributed by atoms with Gasteiger partial charge in [0.05, 0.1) is 4.92 Å². The van der Waals surface area contributed by atoms with Gasteiger partial charge in [-0.15, -0.1) is 0 Å². The Morgan fingerprint density at radius 3 is 2.33 bits per heavy atom. The quantitative estimate of drug-likeness (QED) is 0.449. The fraction of sp³-hybridized carbons (Fsp3) is 0.250. The third-order valence-electron chi connectivity index (χ3n) is 1.89. The molecule has 0 saturated heterocycles. The van der Waals surface area contributed by atoms with Crippen molar-refractivity contribution in [2.75, 3.05) is 5.73 Å². The molecule has 0 bridgehead atoms. The summed E-state index contributed by atoms with van der Waals surface area (Å²) in [6.45, 7) is 1.36.